The number of carboxylic acids is 1. The van der Waals surface area contributed by atoms with Crippen LogP contribution in [0.5, 0.6) is 0 Å². The van der Waals surface area contributed by atoms with Crippen LogP contribution in [0.3, 0.4) is 0 Å². The Bertz CT molecular complexity index is 741. The predicted octanol–water partition coefficient (Wildman–Crippen LogP) is 2.72. The van der Waals surface area contributed by atoms with Crippen molar-refractivity contribution in [2.24, 2.45) is 5.92 Å². The largest absolute Gasteiger partial charge is 0.481 e. The van der Waals surface area contributed by atoms with Crippen LogP contribution < -0.4 is 5.32 Å². The fourth-order valence-corrected chi connectivity index (χ4v) is 3.26. The third-order valence-corrected chi connectivity index (χ3v) is 4.92. The van der Waals surface area contributed by atoms with E-state index < -0.39 is 11.9 Å². The SMILES string of the molecule is O=C(NCC(Cc1ccccc1)C(=O)O)c1n[nH]c(C2CC2)c1Br. The number of aromatic nitrogens is 2. The monoisotopic (exact) mass is 391 g/mol. The van der Waals surface area contributed by atoms with Crippen molar-refractivity contribution in [3.63, 3.8) is 0 Å². The van der Waals surface area contributed by atoms with E-state index in [0.717, 1.165) is 24.1 Å². The van der Waals surface area contributed by atoms with Gasteiger partial charge in [-0.05, 0) is 40.8 Å². The zero-order valence-electron chi connectivity index (χ0n) is 13.0. The summed E-state index contributed by atoms with van der Waals surface area (Å²) < 4.78 is 0.678. The lowest BCUT2D eigenvalue weighted by Gasteiger charge is -2.13. The summed E-state index contributed by atoms with van der Waals surface area (Å²) in [7, 11) is 0. The molecule has 1 aromatic heterocycles. The third kappa shape index (κ3) is 3.84. The number of nitrogens with zero attached hydrogens (tertiary/aromatic N) is 1. The molecule has 1 unspecified atom stereocenters. The molecule has 1 fully saturated rings. The lowest BCUT2D eigenvalue weighted by Crippen LogP contribution is -2.34. The van der Waals surface area contributed by atoms with E-state index in [4.69, 9.17) is 0 Å². The molecule has 0 aliphatic heterocycles. The van der Waals surface area contributed by atoms with Gasteiger partial charge in [-0.15, -0.1) is 0 Å². The molecule has 6 nitrogen and oxygen atoms in total. The number of amides is 1. The van der Waals surface area contributed by atoms with Crippen molar-refractivity contribution in [3.8, 4) is 0 Å². The van der Waals surface area contributed by atoms with Gasteiger partial charge in [0, 0.05) is 12.5 Å². The molecule has 24 heavy (non-hydrogen) atoms. The summed E-state index contributed by atoms with van der Waals surface area (Å²) in [5.74, 6) is -1.54. The van der Waals surface area contributed by atoms with Crippen molar-refractivity contribution < 1.29 is 14.7 Å². The van der Waals surface area contributed by atoms with Crippen molar-refractivity contribution in [3.05, 3.63) is 51.8 Å². The Morgan fingerprint density at radius 3 is 2.67 bits per heavy atom. The van der Waals surface area contributed by atoms with E-state index in [9.17, 15) is 14.7 Å². The van der Waals surface area contributed by atoms with Crippen molar-refractivity contribution in [2.75, 3.05) is 6.54 Å². The van der Waals surface area contributed by atoms with Gasteiger partial charge in [-0.2, -0.15) is 5.10 Å². The highest BCUT2D eigenvalue weighted by molar-refractivity contribution is 9.10. The Labute approximate surface area is 147 Å². The highest BCUT2D eigenvalue weighted by Gasteiger charge is 2.30. The molecule has 0 spiro atoms. The van der Waals surface area contributed by atoms with Gasteiger partial charge in [0.2, 0.25) is 0 Å². The highest BCUT2D eigenvalue weighted by Crippen LogP contribution is 2.42. The molecule has 1 aliphatic rings. The number of carbonyl (C=O) groups is 2. The molecule has 0 radical (unpaired) electrons. The van der Waals surface area contributed by atoms with Gasteiger partial charge in [-0.25, -0.2) is 0 Å². The van der Waals surface area contributed by atoms with Gasteiger partial charge in [-0.3, -0.25) is 14.7 Å². The molecule has 1 amide bonds. The van der Waals surface area contributed by atoms with Gasteiger partial charge in [-0.1, -0.05) is 30.3 Å². The zero-order valence-corrected chi connectivity index (χ0v) is 14.5. The predicted molar refractivity (Wildman–Crippen MR) is 91.9 cm³/mol. The summed E-state index contributed by atoms with van der Waals surface area (Å²) in [6.45, 7) is 0.0567. The fraction of sp³-hybridized carbons (Fsp3) is 0.353. The van der Waals surface area contributed by atoms with Crippen LogP contribution in [-0.4, -0.2) is 33.7 Å². The van der Waals surface area contributed by atoms with E-state index in [1.54, 1.807) is 0 Å². The number of halogens is 1. The van der Waals surface area contributed by atoms with Gasteiger partial charge in [0.25, 0.3) is 5.91 Å². The average molecular weight is 392 g/mol. The van der Waals surface area contributed by atoms with E-state index in [1.165, 1.54) is 0 Å². The molecule has 7 heteroatoms. The Balaban J connectivity index is 1.62. The summed E-state index contributed by atoms with van der Waals surface area (Å²) >= 11 is 3.41. The Morgan fingerprint density at radius 2 is 2.04 bits per heavy atom. The van der Waals surface area contributed by atoms with E-state index in [1.807, 2.05) is 30.3 Å². The van der Waals surface area contributed by atoms with Gasteiger partial charge < -0.3 is 10.4 Å². The van der Waals surface area contributed by atoms with E-state index >= 15 is 0 Å². The molecular weight excluding hydrogens is 374 g/mol. The number of hydrogen-bond donors (Lipinski definition) is 3. The van der Waals surface area contributed by atoms with Crippen LogP contribution in [0.2, 0.25) is 0 Å². The molecule has 0 bridgehead atoms. The van der Waals surface area contributed by atoms with E-state index in [-0.39, 0.29) is 18.1 Å². The second-order valence-corrected chi connectivity index (χ2v) is 6.80. The van der Waals surface area contributed by atoms with Gasteiger partial charge in [0.1, 0.15) is 0 Å². The van der Waals surface area contributed by atoms with Gasteiger partial charge in [0.15, 0.2) is 5.69 Å². The maximum absolute atomic E-state index is 12.3. The number of rotatable bonds is 7. The lowest BCUT2D eigenvalue weighted by atomic mass is 9.99. The van der Waals surface area contributed by atoms with Crippen molar-refractivity contribution >= 4 is 27.8 Å². The summed E-state index contributed by atoms with van der Waals surface area (Å²) in [6, 6.07) is 9.38. The topological polar surface area (TPSA) is 95.1 Å². The second-order valence-electron chi connectivity index (χ2n) is 6.01. The van der Waals surface area contributed by atoms with Crippen LogP contribution in [0.15, 0.2) is 34.8 Å². The molecule has 0 saturated heterocycles. The van der Waals surface area contributed by atoms with Gasteiger partial charge in [0.05, 0.1) is 16.1 Å². The first kappa shape index (κ1) is 16.7. The fourth-order valence-electron chi connectivity index (χ4n) is 2.58. The average Bonchev–Trinajstić information content (AvgIpc) is 3.34. The minimum absolute atomic E-state index is 0.0567. The van der Waals surface area contributed by atoms with Crippen molar-refractivity contribution in [1.29, 1.82) is 0 Å². The van der Waals surface area contributed by atoms with Crippen LogP contribution >= 0.6 is 15.9 Å². The maximum Gasteiger partial charge on any atom is 0.308 e. The van der Waals surface area contributed by atoms with E-state index in [2.05, 4.69) is 31.4 Å². The summed E-state index contributed by atoms with van der Waals surface area (Å²) in [6.07, 6.45) is 2.56. The molecular formula is C17H18BrN3O3. The number of aliphatic carboxylic acids is 1. The smallest absolute Gasteiger partial charge is 0.308 e. The first-order chi connectivity index (χ1) is 11.6. The van der Waals surface area contributed by atoms with Crippen molar-refractivity contribution in [1.82, 2.24) is 15.5 Å². The number of nitrogens with one attached hydrogen (secondary N) is 2. The van der Waals surface area contributed by atoms with Crippen LogP contribution in [0.4, 0.5) is 0 Å². The quantitative estimate of drug-likeness (QED) is 0.675. The molecule has 1 aromatic carbocycles. The highest BCUT2D eigenvalue weighted by atomic mass is 79.9. The maximum atomic E-state index is 12.3. The number of hydrogen-bond acceptors (Lipinski definition) is 3. The number of benzene rings is 1. The molecule has 3 rings (SSSR count). The number of H-pyrrole nitrogens is 1. The third-order valence-electron chi connectivity index (χ3n) is 4.12. The van der Waals surface area contributed by atoms with E-state index in [0.29, 0.717) is 16.8 Å². The summed E-state index contributed by atoms with van der Waals surface area (Å²) in [5, 5.41) is 19.0. The standard InChI is InChI=1S/C17H18BrN3O3/c18-13-14(11-6-7-11)20-21-15(13)16(22)19-9-12(17(23)24)8-10-4-2-1-3-5-10/h1-5,11-12H,6-9H2,(H,19,22)(H,20,21)(H,23,24). The lowest BCUT2D eigenvalue weighted by molar-refractivity contribution is -0.141. The number of carboxylic acid groups (broad SMARTS) is 1. The van der Waals surface area contributed by atoms with Crippen LogP contribution in [0.25, 0.3) is 0 Å². The Kier molecular flexibility index (Phi) is 4.99. The minimum Gasteiger partial charge on any atom is -0.481 e. The summed E-state index contributed by atoms with van der Waals surface area (Å²) in [5.41, 5.74) is 2.15. The molecule has 1 atom stereocenters. The van der Waals surface area contributed by atoms with Crippen LogP contribution in [-0.2, 0) is 11.2 Å². The Hall–Kier alpha value is -2.15. The molecule has 1 heterocycles. The summed E-state index contributed by atoms with van der Waals surface area (Å²) in [4.78, 5) is 23.7. The number of aromatic amines is 1. The molecule has 126 valence electrons. The van der Waals surface area contributed by atoms with Crippen LogP contribution in [0, 0.1) is 5.92 Å². The second kappa shape index (κ2) is 7.17. The molecule has 1 aliphatic carbocycles. The molecule has 3 N–H and O–H groups in total. The van der Waals surface area contributed by atoms with Crippen molar-refractivity contribution in [2.45, 2.75) is 25.2 Å². The zero-order chi connectivity index (χ0) is 17.1. The molecule has 1 saturated carbocycles. The molecule has 2 aromatic rings. The Morgan fingerprint density at radius 1 is 1.33 bits per heavy atom. The first-order valence-electron chi connectivity index (χ1n) is 7.85. The first-order valence-corrected chi connectivity index (χ1v) is 8.64. The normalized spacial score (nSPS) is 15.0. The van der Waals surface area contributed by atoms with Crippen LogP contribution in [0.1, 0.15) is 40.5 Å². The minimum atomic E-state index is -0.932. The van der Waals surface area contributed by atoms with Gasteiger partial charge >= 0.3 is 5.97 Å². The number of carbonyl (C=O) groups excluding carboxylic acids is 1.